The fraction of sp³-hybridized carbons (Fsp3) is 0.412. The molecule has 0 spiro atoms. The Hall–Kier alpha value is -1.01. The van der Waals surface area contributed by atoms with Crippen LogP contribution < -0.4 is 15.4 Å². The molecule has 150 valence electrons. The van der Waals surface area contributed by atoms with Crippen molar-refractivity contribution in [3.63, 3.8) is 0 Å². The number of aryl methyl sites for hydroxylation is 1. The number of hydrogen-bond donors (Lipinski definition) is 2. The van der Waals surface area contributed by atoms with Crippen LogP contribution in [0.4, 0.5) is 8.78 Å². The molecule has 1 aromatic heterocycles. The number of alkyl halides is 2. The molecule has 0 aliphatic rings. The predicted molar refractivity (Wildman–Crippen MR) is 120 cm³/mol. The van der Waals surface area contributed by atoms with E-state index in [4.69, 9.17) is 0 Å². The zero-order chi connectivity index (χ0) is 18.9. The van der Waals surface area contributed by atoms with Crippen molar-refractivity contribution in [1.29, 1.82) is 0 Å². The van der Waals surface area contributed by atoms with Gasteiger partial charge in [0.05, 0.1) is 17.2 Å². The highest BCUT2D eigenvalue weighted by Gasteiger charge is 2.10. The maximum absolute atomic E-state index is 12.6. The number of guanidine groups is 1. The summed E-state index contributed by atoms with van der Waals surface area (Å²) in [7, 11) is 0. The van der Waals surface area contributed by atoms with E-state index >= 15 is 0 Å². The summed E-state index contributed by atoms with van der Waals surface area (Å²) in [6, 6.07) is 4.89. The Balaban J connectivity index is 0.00000364. The number of nitrogens with zero attached hydrogens (tertiary/aromatic N) is 2. The topological polar surface area (TPSA) is 58.5 Å². The fourth-order valence-electron chi connectivity index (χ4n) is 2.22. The summed E-state index contributed by atoms with van der Waals surface area (Å²) >= 11 is 4.97. The van der Waals surface area contributed by atoms with Crippen molar-refractivity contribution >= 4 is 57.2 Å². The van der Waals surface area contributed by atoms with Gasteiger partial charge in [0, 0.05) is 34.9 Å². The van der Waals surface area contributed by atoms with Crippen molar-refractivity contribution in [3.8, 4) is 5.75 Å². The molecule has 5 nitrogen and oxygen atoms in total. The Kier molecular flexibility index (Phi) is 11.1. The van der Waals surface area contributed by atoms with Crippen molar-refractivity contribution in [3.05, 3.63) is 44.3 Å². The second-order valence-electron chi connectivity index (χ2n) is 5.36. The Morgan fingerprint density at radius 2 is 2.15 bits per heavy atom. The average Bonchev–Trinajstić information content (AvgIpc) is 2.99. The van der Waals surface area contributed by atoms with E-state index in [0.717, 1.165) is 21.6 Å². The number of halogens is 4. The van der Waals surface area contributed by atoms with Gasteiger partial charge in [-0.3, -0.25) is 0 Å². The summed E-state index contributed by atoms with van der Waals surface area (Å²) in [6.07, 6.45) is 0.783. The minimum absolute atomic E-state index is 0. The molecule has 2 rings (SSSR count). The van der Waals surface area contributed by atoms with Gasteiger partial charge in [0.25, 0.3) is 0 Å². The maximum atomic E-state index is 12.6. The number of aromatic nitrogens is 1. The third kappa shape index (κ3) is 8.69. The number of hydrogen-bond acceptors (Lipinski definition) is 4. The van der Waals surface area contributed by atoms with Crippen LogP contribution in [0.5, 0.6) is 5.75 Å². The molecule has 0 unspecified atom stereocenters. The summed E-state index contributed by atoms with van der Waals surface area (Å²) in [4.78, 5) is 8.88. The minimum atomic E-state index is -2.87. The van der Waals surface area contributed by atoms with E-state index in [1.165, 1.54) is 6.07 Å². The predicted octanol–water partition coefficient (Wildman–Crippen LogP) is 4.73. The number of ether oxygens (including phenoxy) is 1. The maximum Gasteiger partial charge on any atom is 0.387 e. The number of thiazole rings is 1. The first-order chi connectivity index (χ1) is 12.5. The van der Waals surface area contributed by atoms with Gasteiger partial charge in [-0.05, 0) is 32.0 Å². The SMILES string of the molecule is CCNC(=NCc1cc(Br)ccc1OC(F)F)NCCc1csc(C)n1.I. The summed E-state index contributed by atoms with van der Waals surface area (Å²) < 4.78 is 30.4. The lowest BCUT2D eigenvalue weighted by molar-refractivity contribution is -0.0504. The van der Waals surface area contributed by atoms with Crippen molar-refractivity contribution in [1.82, 2.24) is 15.6 Å². The molecule has 0 amide bonds. The first-order valence-corrected chi connectivity index (χ1v) is 9.81. The molecule has 2 aromatic rings. The van der Waals surface area contributed by atoms with Gasteiger partial charge in [0.2, 0.25) is 0 Å². The van der Waals surface area contributed by atoms with Crippen LogP contribution in [-0.2, 0) is 13.0 Å². The molecule has 0 bridgehead atoms. The Morgan fingerprint density at radius 1 is 1.37 bits per heavy atom. The summed E-state index contributed by atoms with van der Waals surface area (Å²) in [5, 5.41) is 9.45. The first kappa shape index (κ1) is 24.0. The fourth-order valence-corrected chi connectivity index (χ4v) is 3.28. The van der Waals surface area contributed by atoms with Crippen LogP contribution in [-0.4, -0.2) is 30.6 Å². The largest absolute Gasteiger partial charge is 0.434 e. The van der Waals surface area contributed by atoms with E-state index in [2.05, 4.69) is 41.3 Å². The second-order valence-corrected chi connectivity index (χ2v) is 7.34. The molecule has 0 atom stereocenters. The highest BCUT2D eigenvalue weighted by molar-refractivity contribution is 14.0. The van der Waals surface area contributed by atoms with E-state index in [9.17, 15) is 8.78 Å². The van der Waals surface area contributed by atoms with Crippen LogP contribution in [0.1, 0.15) is 23.2 Å². The third-order valence-electron chi connectivity index (χ3n) is 3.33. The first-order valence-electron chi connectivity index (χ1n) is 8.14. The molecule has 0 fully saturated rings. The zero-order valence-corrected chi connectivity index (χ0v) is 19.7. The standard InChI is InChI=1S/C17H21BrF2N4OS.HI/c1-3-21-17(22-7-6-14-10-26-11(2)24-14)23-9-12-8-13(18)4-5-15(12)25-16(19)20;/h4-5,8,10,16H,3,6-7,9H2,1-2H3,(H2,21,22,23);1H. The molecule has 0 aliphatic carbocycles. The summed E-state index contributed by atoms with van der Waals surface area (Å²) in [5.74, 6) is 0.739. The van der Waals surface area contributed by atoms with Crippen LogP contribution in [0.15, 0.2) is 33.0 Å². The lowest BCUT2D eigenvalue weighted by atomic mass is 10.2. The van der Waals surface area contributed by atoms with Gasteiger partial charge in [0.1, 0.15) is 5.75 Å². The van der Waals surface area contributed by atoms with Crippen LogP contribution in [0.3, 0.4) is 0 Å². The minimum Gasteiger partial charge on any atom is -0.434 e. The number of benzene rings is 1. The van der Waals surface area contributed by atoms with Gasteiger partial charge < -0.3 is 15.4 Å². The zero-order valence-electron chi connectivity index (χ0n) is 15.0. The second kappa shape index (κ2) is 12.4. The summed E-state index contributed by atoms with van der Waals surface area (Å²) in [5.41, 5.74) is 1.61. The lowest BCUT2D eigenvalue weighted by Gasteiger charge is -2.13. The summed E-state index contributed by atoms with van der Waals surface area (Å²) in [6.45, 7) is 2.66. The number of nitrogens with one attached hydrogen (secondary N) is 2. The van der Waals surface area contributed by atoms with E-state index in [-0.39, 0.29) is 36.3 Å². The van der Waals surface area contributed by atoms with Gasteiger partial charge in [-0.25, -0.2) is 9.98 Å². The molecule has 1 aromatic carbocycles. The van der Waals surface area contributed by atoms with Crippen LogP contribution >= 0.6 is 51.2 Å². The number of rotatable bonds is 8. The van der Waals surface area contributed by atoms with Crippen LogP contribution in [0, 0.1) is 6.92 Å². The molecule has 10 heteroatoms. The molecular weight excluding hydrogens is 553 g/mol. The van der Waals surface area contributed by atoms with E-state index in [1.807, 2.05) is 19.2 Å². The highest BCUT2D eigenvalue weighted by Crippen LogP contribution is 2.25. The monoisotopic (exact) mass is 574 g/mol. The van der Waals surface area contributed by atoms with Crippen LogP contribution in [0.25, 0.3) is 0 Å². The van der Waals surface area contributed by atoms with Crippen molar-refractivity contribution in [2.45, 2.75) is 33.4 Å². The van der Waals surface area contributed by atoms with Gasteiger partial charge in [-0.2, -0.15) is 8.78 Å². The molecular formula is C17H22BrF2IN4OS. The van der Waals surface area contributed by atoms with Crippen LogP contribution in [0.2, 0.25) is 0 Å². The number of aliphatic imine (C=N–C) groups is 1. The van der Waals surface area contributed by atoms with E-state index < -0.39 is 6.61 Å². The molecule has 2 N–H and O–H groups in total. The highest BCUT2D eigenvalue weighted by atomic mass is 127. The van der Waals surface area contributed by atoms with Gasteiger partial charge >= 0.3 is 6.61 Å². The molecule has 0 aliphatic heterocycles. The normalized spacial score (nSPS) is 11.3. The molecule has 0 saturated heterocycles. The third-order valence-corrected chi connectivity index (χ3v) is 4.65. The quantitative estimate of drug-likeness (QED) is 0.272. The smallest absolute Gasteiger partial charge is 0.387 e. The molecule has 27 heavy (non-hydrogen) atoms. The van der Waals surface area contributed by atoms with E-state index in [0.29, 0.717) is 24.6 Å². The van der Waals surface area contributed by atoms with Crippen molar-refractivity contribution in [2.24, 2.45) is 4.99 Å². The van der Waals surface area contributed by atoms with Gasteiger partial charge in [-0.1, -0.05) is 15.9 Å². The van der Waals surface area contributed by atoms with Gasteiger partial charge in [0.15, 0.2) is 5.96 Å². The van der Waals surface area contributed by atoms with Gasteiger partial charge in [-0.15, -0.1) is 35.3 Å². The average molecular weight is 575 g/mol. The molecule has 1 heterocycles. The van der Waals surface area contributed by atoms with Crippen molar-refractivity contribution < 1.29 is 13.5 Å². The lowest BCUT2D eigenvalue weighted by Crippen LogP contribution is -2.38. The Labute approximate surface area is 187 Å². The molecule has 0 saturated carbocycles. The molecule has 0 radical (unpaired) electrons. The van der Waals surface area contributed by atoms with E-state index in [1.54, 1.807) is 23.5 Å². The Bertz CT molecular complexity index is 745. The Morgan fingerprint density at radius 3 is 2.78 bits per heavy atom. The van der Waals surface area contributed by atoms with Crippen molar-refractivity contribution in [2.75, 3.05) is 13.1 Å².